The lowest BCUT2D eigenvalue weighted by atomic mass is 10.1. The summed E-state index contributed by atoms with van der Waals surface area (Å²) in [7, 11) is 0. The van der Waals surface area contributed by atoms with E-state index in [2.05, 4.69) is 4.98 Å². The van der Waals surface area contributed by atoms with Crippen molar-refractivity contribution in [2.45, 2.75) is 38.2 Å². The zero-order chi connectivity index (χ0) is 19.9. The molecule has 12 nitrogen and oxygen atoms in total. The molecule has 0 saturated carbocycles. The van der Waals surface area contributed by atoms with Crippen LogP contribution < -0.4 is 4.90 Å². The fraction of sp³-hybridized carbons (Fsp3) is 0.571. The predicted octanol–water partition coefficient (Wildman–Crippen LogP) is -0.676. The molecule has 4 N–H and O–H groups in total. The van der Waals surface area contributed by atoms with E-state index in [1.54, 1.807) is 0 Å². The number of hydrogen-bond donors (Lipinski definition) is 4. The first kappa shape index (κ1) is 19.8. The second kappa shape index (κ2) is 6.32. The van der Waals surface area contributed by atoms with E-state index in [1.807, 2.05) is 0 Å². The zero-order valence-electron chi connectivity index (χ0n) is 14.4. The second-order valence-electron chi connectivity index (χ2n) is 6.85. The number of pyridine rings is 1. The van der Waals surface area contributed by atoms with E-state index in [0.717, 1.165) is 17.2 Å². The van der Waals surface area contributed by atoms with Crippen LogP contribution in [0.3, 0.4) is 0 Å². The molecular formula is C14H20N4O8. The highest BCUT2D eigenvalue weighted by Crippen LogP contribution is 2.31. The number of carbonyl (C=O) groups excluding carboxylic acids is 1. The van der Waals surface area contributed by atoms with E-state index in [1.165, 1.54) is 26.8 Å². The number of amides is 1. The highest BCUT2D eigenvalue weighted by atomic mass is 16.6. The summed E-state index contributed by atoms with van der Waals surface area (Å²) >= 11 is 0. The van der Waals surface area contributed by atoms with Gasteiger partial charge in [0, 0.05) is 6.07 Å². The van der Waals surface area contributed by atoms with Crippen LogP contribution >= 0.6 is 0 Å². The number of hydrogen-bond acceptors (Lipinski definition) is 10. The molecular weight excluding hydrogens is 352 g/mol. The van der Waals surface area contributed by atoms with Gasteiger partial charge in [0.25, 0.3) is 11.8 Å². The van der Waals surface area contributed by atoms with Crippen molar-refractivity contribution in [2.24, 2.45) is 0 Å². The van der Waals surface area contributed by atoms with Crippen LogP contribution in [-0.4, -0.2) is 71.8 Å². The summed E-state index contributed by atoms with van der Waals surface area (Å²) in [6.07, 6.45) is -0.276. The Morgan fingerprint density at radius 1 is 1.23 bits per heavy atom. The van der Waals surface area contributed by atoms with Gasteiger partial charge in [-0.1, -0.05) is 0 Å². The van der Waals surface area contributed by atoms with Gasteiger partial charge in [-0.25, -0.2) is 4.79 Å². The van der Waals surface area contributed by atoms with Crippen molar-refractivity contribution >= 4 is 17.6 Å². The first-order valence-corrected chi connectivity index (χ1v) is 7.51. The van der Waals surface area contributed by atoms with Crippen LogP contribution in [0.4, 0.5) is 16.3 Å². The third kappa shape index (κ3) is 4.16. The molecule has 0 spiro atoms. The number of aromatic nitrogens is 1. The molecule has 0 atom stereocenters. The van der Waals surface area contributed by atoms with Gasteiger partial charge in [-0.15, -0.1) is 0 Å². The number of anilines is 1. The van der Waals surface area contributed by atoms with E-state index in [9.17, 15) is 35.3 Å². The maximum absolute atomic E-state index is 12.2. The third-order valence-corrected chi connectivity index (χ3v) is 3.38. The highest BCUT2D eigenvalue weighted by molar-refractivity contribution is 5.70. The Morgan fingerprint density at radius 2 is 1.77 bits per heavy atom. The molecule has 26 heavy (non-hydrogen) atoms. The minimum atomic E-state index is -2.99. The first-order chi connectivity index (χ1) is 11.7. The number of carbonyl (C=O) groups is 1. The largest absolute Gasteiger partial charge is 0.443 e. The van der Waals surface area contributed by atoms with Gasteiger partial charge in [0.05, 0.1) is 18.8 Å². The van der Waals surface area contributed by atoms with Gasteiger partial charge in [0.2, 0.25) is 0 Å². The molecule has 2 heterocycles. The monoisotopic (exact) mass is 372 g/mol. The summed E-state index contributed by atoms with van der Waals surface area (Å²) < 4.78 is 4.97. The summed E-state index contributed by atoms with van der Waals surface area (Å²) in [5.41, 5.74) is -0.859. The van der Waals surface area contributed by atoms with E-state index in [-0.39, 0.29) is 10.6 Å². The van der Waals surface area contributed by atoms with Crippen molar-refractivity contribution in [3.63, 3.8) is 0 Å². The Labute approximate surface area is 148 Å². The number of nitro groups is 1. The molecule has 0 unspecified atom stereocenters. The molecule has 2 rings (SSSR count). The summed E-state index contributed by atoms with van der Waals surface area (Å²) in [5, 5.41) is 51.4. The summed E-state index contributed by atoms with van der Waals surface area (Å²) in [4.78, 5) is 26.8. The van der Waals surface area contributed by atoms with Gasteiger partial charge in [0.15, 0.2) is 6.20 Å². The summed E-state index contributed by atoms with van der Waals surface area (Å²) in [5.74, 6) is -6.42. The molecule has 12 heteroatoms. The van der Waals surface area contributed by atoms with Crippen LogP contribution in [0, 0.1) is 10.1 Å². The van der Waals surface area contributed by atoms with Gasteiger partial charge in [-0.3, -0.25) is 0 Å². The molecule has 1 aliphatic rings. The van der Waals surface area contributed by atoms with Crippen molar-refractivity contribution in [1.82, 2.24) is 9.88 Å². The van der Waals surface area contributed by atoms with Crippen LogP contribution in [0.25, 0.3) is 0 Å². The third-order valence-electron chi connectivity index (χ3n) is 3.38. The van der Waals surface area contributed by atoms with Gasteiger partial charge in [0.1, 0.15) is 5.60 Å². The number of nitrogens with zero attached hydrogens (tertiary/aromatic N) is 4. The Kier molecular flexibility index (Phi) is 4.81. The molecule has 0 bridgehead atoms. The van der Waals surface area contributed by atoms with Crippen molar-refractivity contribution in [1.29, 1.82) is 0 Å². The standard InChI is InChI=1S/C14H20N4O8/c1-12(2,3)26-11(19)17-13(20,21)7-16(8-14(17,22)23)9-4-5-10(15-6-9)18(24)25/h4-6,20-23H,7-8H2,1-3H3. The van der Waals surface area contributed by atoms with Crippen molar-refractivity contribution < 1.29 is 34.9 Å². The molecule has 1 saturated heterocycles. The maximum atomic E-state index is 12.2. The minimum Gasteiger partial charge on any atom is -0.443 e. The molecule has 144 valence electrons. The second-order valence-corrected chi connectivity index (χ2v) is 6.85. The fourth-order valence-corrected chi connectivity index (χ4v) is 2.45. The van der Waals surface area contributed by atoms with Crippen LogP contribution in [0.1, 0.15) is 20.8 Å². The van der Waals surface area contributed by atoms with Gasteiger partial charge >= 0.3 is 11.9 Å². The molecule has 0 radical (unpaired) electrons. The van der Waals surface area contributed by atoms with Gasteiger partial charge in [-0.2, -0.15) is 4.90 Å². The highest BCUT2D eigenvalue weighted by Gasteiger charge is 2.56. The Balaban J connectivity index is 2.28. The van der Waals surface area contributed by atoms with Crippen molar-refractivity contribution in [3.8, 4) is 0 Å². The summed E-state index contributed by atoms with van der Waals surface area (Å²) in [6.45, 7) is 3.28. The average Bonchev–Trinajstić information content (AvgIpc) is 2.42. The number of β-amino-alcohol motifs (C(OH)–C–C–N with tert-alkyl or cyclic N) is 4. The van der Waals surface area contributed by atoms with Crippen LogP contribution in [-0.2, 0) is 4.74 Å². The summed E-state index contributed by atoms with van der Waals surface area (Å²) in [6, 6.07) is 2.32. The van der Waals surface area contributed by atoms with E-state index < -0.39 is 47.3 Å². The molecule has 1 aliphatic heterocycles. The molecule has 1 aromatic heterocycles. The van der Waals surface area contributed by atoms with E-state index in [4.69, 9.17) is 4.74 Å². The molecule has 0 aromatic carbocycles. The minimum absolute atomic E-state index is 0.0145. The lowest BCUT2D eigenvalue weighted by molar-refractivity contribution is -0.389. The number of piperazine rings is 1. The zero-order valence-corrected chi connectivity index (χ0v) is 14.4. The normalized spacial score (nSPS) is 19.2. The van der Waals surface area contributed by atoms with Crippen molar-refractivity contribution in [3.05, 3.63) is 28.4 Å². The van der Waals surface area contributed by atoms with Crippen LogP contribution in [0.5, 0.6) is 0 Å². The first-order valence-electron chi connectivity index (χ1n) is 7.51. The predicted molar refractivity (Wildman–Crippen MR) is 85.5 cm³/mol. The molecule has 1 fully saturated rings. The Hall–Kier alpha value is -2.54. The molecule has 0 aliphatic carbocycles. The fourth-order valence-electron chi connectivity index (χ4n) is 2.45. The topological polar surface area (TPSA) is 170 Å². The van der Waals surface area contributed by atoms with E-state index in [0.29, 0.717) is 0 Å². The molecule has 1 aromatic rings. The van der Waals surface area contributed by atoms with Gasteiger partial charge < -0.3 is 40.2 Å². The SMILES string of the molecule is CC(C)(C)OC(=O)N1C(O)(O)CN(c2ccc([N+](=O)[O-])nc2)CC1(O)O. The Bertz CT molecular complexity index is 680. The Morgan fingerprint density at radius 3 is 2.15 bits per heavy atom. The quantitative estimate of drug-likeness (QED) is 0.296. The lowest BCUT2D eigenvalue weighted by Crippen LogP contribution is -2.75. The van der Waals surface area contributed by atoms with Crippen LogP contribution in [0.15, 0.2) is 18.3 Å². The smallest absolute Gasteiger partial charge is 0.418 e. The van der Waals surface area contributed by atoms with Crippen LogP contribution in [0.2, 0.25) is 0 Å². The van der Waals surface area contributed by atoms with E-state index >= 15 is 0 Å². The number of aliphatic hydroxyl groups is 4. The maximum Gasteiger partial charge on any atom is 0.418 e. The molecule has 1 amide bonds. The average molecular weight is 372 g/mol. The van der Waals surface area contributed by atoms with Crippen molar-refractivity contribution in [2.75, 3.05) is 18.0 Å². The number of ether oxygens (including phenoxy) is 1. The van der Waals surface area contributed by atoms with Gasteiger partial charge in [-0.05, 0) is 36.7 Å². The number of rotatable bonds is 2. The lowest BCUT2D eigenvalue weighted by Gasteiger charge is -2.50.